The van der Waals surface area contributed by atoms with Gasteiger partial charge in [0.05, 0.1) is 0 Å². The molecule has 0 unspecified atom stereocenters. The summed E-state index contributed by atoms with van der Waals surface area (Å²) in [5.41, 5.74) is 0. The van der Waals surface area contributed by atoms with Gasteiger partial charge in [-0.3, -0.25) is 0 Å². The summed E-state index contributed by atoms with van der Waals surface area (Å²) < 4.78 is 4.91. The average molecular weight is 304 g/mol. The molecule has 0 aromatic carbocycles. The number of hydrogen-bond donors (Lipinski definition) is 0. The van der Waals surface area contributed by atoms with Crippen LogP contribution >= 0.6 is 0 Å². The van der Waals surface area contributed by atoms with Crippen LogP contribution in [-0.2, 0) is 0 Å². The molecule has 1 rings (SSSR count). The van der Waals surface area contributed by atoms with Gasteiger partial charge in [0, 0.05) is 0 Å². The zero-order valence-electron chi connectivity index (χ0n) is 4.72. The summed E-state index contributed by atoms with van der Waals surface area (Å²) in [6.07, 6.45) is 0. The summed E-state index contributed by atoms with van der Waals surface area (Å²) >= 11 is 4.58. The molecule has 0 aliphatic carbocycles. The van der Waals surface area contributed by atoms with Crippen molar-refractivity contribution in [1.29, 1.82) is 0 Å². The predicted octanol–water partition coefficient (Wildman–Crippen LogP) is 0.118. The molecule has 0 bridgehead atoms. The summed E-state index contributed by atoms with van der Waals surface area (Å²) in [5.74, 6) is 0. The first-order valence-corrected chi connectivity index (χ1v) is 6.55. The molecule has 0 saturated heterocycles. The first kappa shape index (κ1) is 7.28. The Bertz CT molecular complexity index is 208. The SMILES string of the molecule is Cc1[se][13c](=[Se])[se]c1C. The van der Waals surface area contributed by atoms with Crippen molar-refractivity contribution in [2.24, 2.45) is 0 Å². The first-order chi connectivity index (χ1) is 3.70. The molecule has 0 nitrogen and oxygen atoms in total. The van der Waals surface area contributed by atoms with E-state index >= 15 is 0 Å². The summed E-state index contributed by atoms with van der Waals surface area (Å²) in [7, 11) is 0. The number of hydrogen-bond acceptors (Lipinski definition) is 0. The van der Waals surface area contributed by atoms with Crippen LogP contribution in [0.5, 0.6) is 0 Å². The van der Waals surface area contributed by atoms with Gasteiger partial charge in [0.2, 0.25) is 0 Å². The topological polar surface area (TPSA) is 0 Å². The molecule has 0 amide bonds. The van der Waals surface area contributed by atoms with Gasteiger partial charge in [0.25, 0.3) is 0 Å². The molecule has 0 N–H and O–H groups in total. The molecular formula is C5H6Se3. The molecule has 1 heterocycles. The minimum absolute atomic E-state index is 0.726. The molecule has 0 aliphatic rings. The van der Waals surface area contributed by atoms with E-state index < -0.39 is 0 Å². The van der Waals surface area contributed by atoms with Gasteiger partial charge < -0.3 is 0 Å². The van der Waals surface area contributed by atoms with Crippen molar-refractivity contribution in [3.05, 3.63) is 10.7 Å². The van der Waals surface area contributed by atoms with E-state index in [0.29, 0.717) is 0 Å². The van der Waals surface area contributed by atoms with Gasteiger partial charge in [-0.1, -0.05) is 0 Å². The van der Waals surface area contributed by atoms with E-state index in [9.17, 15) is 0 Å². The van der Waals surface area contributed by atoms with Gasteiger partial charge in [-0.2, -0.15) is 0 Å². The first-order valence-electron chi connectivity index (χ1n) is 2.27. The van der Waals surface area contributed by atoms with Crippen molar-refractivity contribution >= 4 is 44.6 Å². The summed E-state index contributed by atoms with van der Waals surface area (Å²) in [5, 5.41) is 0. The molecule has 8 heavy (non-hydrogen) atoms. The number of rotatable bonds is 0. The molecule has 0 radical (unpaired) electrons. The van der Waals surface area contributed by atoms with E-state index in [1.807, 2.05) is 0 Å². The van der Waals surface area contributed by atoms with E-state index in [0.717, 1.165) is 29.0 Å². The summed E-state index contributed by atoms with van der Waals surface area (Å²) in [6.45, 7) is 4.50. The summed E-state index contributed by atoms with van der Waals surface area (Å²) in [6, 6.07) is 0. The predicted molar refractivity (Wildman–Crippen MR) is 38.8 cm³/mol. The second-order valence-corrected chi connectivity index (χ2v) is 11.5. The quantitative estimate of drug-likeness (QED) is 0.597. The second kappa shape index (κ2) is 2.83. The Balaban J connectivity index is 3.35. The van der Waals surface area contributed by atoms with Gasteiger partial charge in [-0.15, -0.1) is 0 Å². The van der Waals surface area contributed by atoms with Crippen LogP contribution in [0, 0.1) is 15.7 Å². The van der Waals surface area contributed by atoms with Gasteiger partial charge >= 0.3 is 69.1 Å². The van der Waals surface area contributed by atoms with Crippen LogP contribution in [0.4, 0.5) is 0 Å². The van der Waals surface area contributed by atoms with E-state index in [2.05, 4.69) is 29.4 Å². The number of aryl methyl sites for hydroxylation is 2. The van der Waals surface area contributed by atoms with E-state index in [1.165, 1.54) is 0 Å². The van der Waals surface area contributed by atoms with Crippen molar-refractivity contribution in [1.82, 2.24) is 0 Å². The van der Waals surface area contributed by atoms with Crippen molar-refractivity contribution in [2.45, 2.75) is 13.8 Å². The van der Waals surface area contributed by atoms with Gasteiger partial charge in [0.1, 0.15) is 0 Å². The van der Waals surface area contributed by atoms with Crippen LogP contribution in [0.3, 0.4) is 0 Å². The zero-order valence-corrected chi connectivity index (χ0v) is 9.86. The molecule has 3 heteroatoms. The second-order valence-electron chi connectivity index (χ2n) is 1.57. The average Bonchev–Trinajstić information content (AvgIpc) is 1.85. The Morgan fingerprint density at radius 3 is 1.62 bits per heavy atom. The Hall–Kier alpha value is 1.17. The Morgan fingerprint density at radius 2 is 1.50 bits per heavy atom. The monoisotopic (exact) mass is 307 g/mol. The third kappa shape index (κ3) is 1.57. The van der Waals surface area contributed by atoms with Gasteiger partial charge in [0.15, 0.2) is 0 Å². The van der Waals surface area contributed by atoms with Crippen LogP contribution in [-0.4, -0.2) is 44.6 Å². The van der Waals surface area contributed by atoms with Crippen molar-refractivity contribution in [3.8, 4) is 0 Å². The maximum absolute atomic E-state index is 3.13. The molecule has 44 valence electrons. The molecule has 0 aliphatic heterocycles. The molecule has 0 spiro atoms. The van der Waals surface area contributed by atoms with Crippen LogP contribution in [0.1, 0.15) is 8.87 Å². The van der Waals surface area contributed by atoms with Crippen LogP contribution in [0.2, 0.25) is 0 Å². The molecule has 0 saturated carbocycles. The van der Waals surface area contributed by atoms with E-state index in [1.54, 1.807) is 10.7 Å². The Labute approximate surface area is 68.8 Å². The Morgan fingerprint density at radius 1 is 1.12 bits per heavy atom. The third-order valence-electron chi connectivity index (χ3n) is 0.969. The molecule has 1 aromatic heterocycles. The fourth-order valence-electron chi connectivity index (χ4n) is 0.415. The fraction of sp³-hybridized carbons (Fsp3) is 0.400. The normalized spacial score (nSPS) is 9.75. The van der Waals surface area contributed by atoms with Gasteiger partial charge in [-0.05, 0) is 0 Å². The van der Waals surface area contributed by atoms with Crippen LogP contribution < -0.4 is 0 Å². The maximum atomic E-state index is 3.13. The molecular weight excluding hydrogens is 298 g/mol. The van der Waals surface area contributed by atoms with Crippen molar-refractivity contribution in [3.63, 3.8) is 0 Å². The van der Waals surface area contributed by atoms with E-state index in [4.69, 9.17) is 0 Å². The molecule has 0 fully saturated rings. The van der Waals surface area contributed by atoms with Crippen molar-refractivity contribution in [2.75, 3.05) is 0 Å². The molecule has 0 atom stereocenters. The van der Waals surface area contributed by atoms with Crippen LogP contribution in [0.25, 0.3) is 0 Å². The third-order valence-corrected chi connectivity index (χ3v) is 8.53. The zero-order chi connectivity index (χ0) is 6.15. The van der Waals surface area contributed by atoms with Crippen molar-refractivity contribution < 1.29 is 0 Å². The van der Waals surface area contributed by atoms with Crippen LogP contribution in [0.15, 0.2) is 0 Å². The fourth-order valence-corrected chi connectivity index (χ4v) is 8.97. The molecule has 1 aromatic rings. The van der Waals surface area contributed by atoms with E-state index in [-0.39, 0.29) is 0 Å². The minimum atomic E-state index is 0.726. The Kier molecular flexibility index (Phi) is 2.58. The summed E-state index contributed by atoms with van der Waals surface area (Å²) in [4.78, 5) is 0. The standard InChI is InChI=1S/C5H6Se3/c1-3-4(2)8-5(6)7-3/h1-2H3/i5+1. The van der Waals surface area contributed by atoms with Gasteiger partial charge in [-0.25, -0.2) is 0 Å².